The third-order valence-electron chi connectivity index (χ3n) is 1.27. The average molecular weight is 231 g/mol. The van der Waals surface area contributed by atoms with E-state index in [2.05, 4.69) is 20.9 Å². The Morgan fingerprint density at radius 2 is 2.42 bits per heavy atom. The normalized spacial score (nSPS) is 9.50. The Labute approximate surface area is 77.9 Å². The van der Waals surface area contributed by atoms with Gasteiger partial charge < -0.3 is 10.5 Å². The van der Waals surface area contributed by atoms with E-state index in [4.69, 9.17) is 10.5 Å². The molecule has 0 atom stereocenters. The molecule has 0 bridgehead atoms. The van der Waals surface area contributed by atoms with E-state index in [1.807, 2.05) is 0 Å². The van der Waals surface area contributed by atoms with Gasteiger partial charge in [0, 0.05) is 10.7 Å². The monoisotopic (exact) mass is 230 g/mol. The molecule has 0 aliphatic carbocycles. The summed E-state index contributed by atoms with van der Waals surface area (Å²) in [6.45, 7) is 0. The molecule has 1 heterocycles. The molecule has 0 unspecified atom stereocenters. The molecule has 0 radical (unpaired) electrons. The molecule has 0 spiro atoms. The van der Waals surface area contributed by atoms with Gasteiger partial charge in [-0.2, -0.15) is 0 Å². The molecule has 1 rings (SSSR count). The van der Waals surface area contributed by atoms with Gasteiger partial charge in [-0.15, -0.1) is 0 Å². The number of hydrogen-bond acceptors (Lipinski definition) is 3. The number of amides is 1. The first kappa shape index (κ1) is 8.99. The molecule has 2 N–H and O–H groups in total. The largest absolute Gasteiger partial charge is 0.494 e. The minimum absolute atomic E-state index is 0.140. The minimum Gasteiger partial charge on any atom is -0.494 e. The summed E-state index contributed by atoms with van der Waals surface area (Å²) < 4.78 is 5.63. The van der Waals surface area contributed by atoms with Gasteiger partial charge in [0.05, 0.1) is 7.11 Å². The van der Waals surface area contributed by atoms with Crippen molar-refractivity contribution < 1.29 is 9.53 Å². The fourth-order valence-electron chi connectivity index (χ4n) is 0.761. The lowest BCUT2D eigenvalue weighted by Gasteiger charge is -2.03. The van der Waals surface area contributed by atoms with E-state index in [0.29, 0.717) is 5.75 Å². The molecule has 1 amide bonds. The molecule has 0 saturated heterocycles. The number of methoxy groups -OCH3 is 1. The number of carbonyl (C=O) groups excluding carboxylic acids is 1. The van der Waals surface area contributed by atoms with Gasteiger partial charge in [0.2, 0.25) is 0 Å². The topological polar surface area (TPSA) is 65.2 Å². The zero-order valence-electron chi connectivity index (χ0n) is 6.37. The third-order valence-corrected chi connectivity index (χ3v) is 1.71. The van der Waals surface area contributed by atoms with Crippen LogP contribution in [0.2, 0.25) is 0 Å². The number of primary amides is 1. The Hall–Kier alpha value is -1.10. The van der Waals surface area contributed by atoms with E-state index in [1.54, 1.807) is 6.07 Å². The Morgan fingerprint density at radius 1 is 1.75 bits per heavy atom. The van der Waals surface area contributed by atoms with Crippen molar-refractivity contribution in [2.75, 3.05) is 7.11 Å². The quantitative estimate of drug-likeness (QED) is 0.823. The lowest BCUT2D eigenvalue weighted by molar-refractivity contribution is 0.0992. The van der Waals surface area contributed by atoms with Crippen LogP contribution in [0.3, 0.4) is 0 Å². The molecule has 0 aliphatic heterocycles. The summed E-state index contributed by atoms with van der Waals surface area (Å²) in [5.74, 6) is -0.226. The van der Waals surface area contributed by atoms with Gasteiger partial charge in [0.25, 0.3) is 5.91 Å². The maximum Gasteiger partial charge on any atom is 0.271 e. The molecule has 0 aliphatic rings. The van der Waals surface area contributed by atoms with Gasteiger partial charge in [-0.05, 0) is 22.0 Å². The molecular weight excluding hydrogens is 224 g/mol. The molecule has 0 aromatic carbocycles. The number of rotatable bonds is 2. The summed E-state index contributed by atoms with van der Waals surface area (Å²) in [7, 11) is 1.45. The van der Waals surface area contributed by atoms with Crippen LogP contribution in [0.15, 0.2) is 16.7 Å². The lowest BCUT2D eigenvalue weighted by Crippen LogP contribution is -2.14. The van der Waals surface area contributed by atoms with Gasteiger partial charge in [0.1, 0.15) is 0 Å². The molecule has 0 fully saturated rings. The highest BCUT2D eigenvalue weighted by molar-refractivity contribution is 9.10. The van der Waals surface area contributed by atoms with Crippen LogP contribution in [0, 0.1) is 0 Å². The summed E-state index contributed by atoms with van der Waals surface area (Å²) in [6.07, 6.45) is 1.49. The Balaban J connectivity index is 3.20. The van der Waals surface area contributed by atoms with Crippen molar-refractivity contribution in [3.05, 3.63) is 22.4 Å². The Morgan fingerprint density at radius 3 is 2.92 bits per heavy atom. The van der Waals surface area contributed by atoms with Crippen molar-refractivity contribution in [1.82, 2.24) is 4.98 Å². The summed E-state index contributed by atoms with van der Waals surface area (Å²) in [5.41, 5.74) is 5.18. The smallest absolute Gasteiger partial charge is 0.271 e. The minimum atomic E-state index is -0.598. The van der Waals surface area contributed by atoms with Crippen molar-refractivity contribution in [2.45, 2.75) is 0 Å². The van der Waals surface area contributed by atoms with E-state index < -0.39 is 5.91 Å². The SMILES string of the molecule is COc1cc(Br)cnc1C(N)=O. The second-order valence-corrected chi connectivity index (χ2v) is 2.98. The summed E-state index contributed by atoms with van der Waals surface area (Å²) >= 11 is 3.19. The number of aromatic nitrogens is 1. The van der Waals surface area contributed by atoms with Crippen LogP contribution in [0.5, 0.6) is 5.75 Å². The van der Waals surface area contributed by atoms with Gasteiger partial charge in [-0.3, -0.25) is 4.79 Å². The van der Waals surface area contributed by atoms with E-state index in [1.165, 1.54) is 13.3 Å². The fraction of sp³-hybridized carbons (Fsp3) is 0.143. The molecule has 5 heteroatoms. The number of nitrogens with zero attached hydrogens (tertiary/aromatic N) is 1. The van der Waals surface area contributed by atoms with Crippen LogP contribution in [-0.4, -0.2) is 18.0 Å². The highest BCUT2D eigenvalue weighted by Gasteiger charge is 2.09. The number of carbonyl (C=O) groups is 1. The number of nitrogens with two attached hydrogens (primary N) is 1. The summed E-state index contributed by atoms with van der Waals surface area (Å²) in [4.78, 5) is 14.6. The van der Waals surface area contributed by atoms with Crippen molar-refractivity contribution in [2.24, 2.45) is 5.73 Å². The van der Waals surface area contributed by atoms with Crippen LogP contribution in [0.25, 0.3) is 0 Å². The van der Waals surface area contributed by atoms with Crippen LogP contribution in [-0.2, 0) is 0 Å². The third kappa shape index (κ3) is 1.73. The maximum atomic E-state index is 10.8. The zero-order valence-corrected chi connectivity index (χ0v) is 7.96. The van der Waals surface area contributed by atoms with E-state index in [-0.39, 0.29) is 5.69 Å². The first-order chi connectivity index (χ1) is 5.65. The second kappa shape index (κ2) is 3.53. The zero-order chi connectivity index (χ0) is 9.14. The summed E-state index contributed by atoms with van der Waals surface area (Å²) in [5, 5.41) is 0. The molecule has 0 saturated carbocycles. The molecule has 12 heavy (non-hydrogen) atoms. The number of ether oxygens (including phenoxy) is 1. The van der Waals surface area contributed by atoms with Crippen molar-refractivity contribution in [3.8, 4) is 5.75 Å². The van der Waals surface area contributed by atoms with E-state index >= 15 is 0 Å². The van der Waals surface area contributed by atoms with Crippen LogP contribution in [0.4, 0.5) is 0 Å². The van der Waals surface area contributed by atoms with Crippen molar-refractivity contribution in [3.63, 3.8) is 0 Å². The standard InChI is InChI=1S/C7H7BrN2O2/c1-12-5-2-4(8)3-10-6(5)7(9)11/h2-3H,1H3,(H2,9,11). The van der Waals surface area contributed by atoms with Crippen molar-refractivity contribution >= 4 is 21.8 Å². The molecule has 64 valence electrons. The van der Waals surface area contributed by atoms with Crippen LogP contribution in [0.1, 0.15) is 10.5 Å². The second-order valence-electron chi connectivity index (χ2n) is 2.07. The number of halogens is 1. The van der Waals surface area contributed by atoms with Gasteiger partial charge in [0.15, 0.2) is 11.4 Å². The molecular formula is C7H7BrN2O2. The fourth-order valence-corrected chi connectivity index (χ4v) is 1.07. The summed E-state index contributed by atoms with van der Waals surface area (Å²) in [6, 6.07) is 1.63. The number of pyridine rings is 1. The molecule has 1 aromatic heterocycles. The molecule has 1 aromatic rings. The predicted molar refractivity (Wildman–Crippen MR) is 47.0 cm³/mol. The van der Waals surface area contributed by atoms with Gasteiger partial charge in [-0.1, -0.05) is 0 Å². The lowest BCUT2D eigenvalue weighted by atomic mass is 10.3. The van der Waals surface area contributed by atoms with Crippen molar-refractivity contribution in [1.29, 1.82) is 0 Å². The highest BCUT2D eigenvalue weighted by atomic mass is 79.9. The molecule has 4 nitrogen and oxygen atoms in total. The average Bonchev–Trinajstić information content (AvgIpc) is 2.03. The van der Waals surface area contributed by atoms with E-state index in [0.717, 1.165) is 4.47 Å². The van der Waals surface area contributed by atoms with Gasteiger partial charge >= 0.3 is 0 Å². The maximum absolute atomic E-state index is 10.8. The van der Waals surface area contributed by atoms with Crippen LogP contribution < -0.4 is 10.5 Å². The Bertz CT molecular complexity index is 314. The number of hydrogen-bond donors (Lipinski definition) is 1. The van der Waals surface area contributed by atoms with Gasteiger partial charge in [-0.25, -0.2) is 4.98 Å². The first-order valence-corrected chi connectivity index (χ1v) is 3.93. The Kier molecular flexibility index (Phi) is 2.65. The predicted octanol–water partition coefficient (Wildman–Crippen LogP) is 0.952. The van der Waals surface area contributed by atoms with Crippen LogP contribution >= 0.6 is 15.9 Å². The highest BCUT2D eigenvalue weighted by Crippen LogP contribution is 2.20. The van der Waals surface area contributed by atoms with E-state index in [9.17, 15) is 4.79 Å². The first-order valence-electron chi connectivity index (χ1n) is 3.14.